The summed E-state index contributed by atoms with van der Waals surface area (Å²) in [6, 6.07) is 20.4. The zero-order valence-corrected chi connectivity index (χ0v) is 18.8. The number of aromatic nitrogens is 3. The van der Waals surface area contributed by atoms with Gasteiger partial charge in [-0.25, -0.2) is 0 Å². The summed E-state index contributed by atoms with van der Waals surface area (Å²) >= 11 is 0. The van der Waals surface area contributed by atoms with E-state index in [1.165, 1.54) is 11.1 Å². The van der Waals surface area contributed by atoms with Crippen LogP contribution in [0.4, 0.5) is 0 Å². The first-order chi connectivity index (χ1) is 16.1. The van der Waals surface area contributed by atoms with E-state index in [0.717, 1.165) is 41.1 Å². The van der Waals surface area contributed by atoms with E-state index < -0.39 is 0 Å². The molecule has 1 aliphatic carbocycles. The summed E-state index contributed by atoms with van der Waals surface area (Å²) in [5.41, 5.74) is 6.81. The maximum absolute atomic E-state index is 9.87. The molecule has 5 rings (SSSR count). The molecule has 2 aromatic carbocycles. The molecule has 0 radical (unpaired) electrons. The summed E-state index contributed by atoms with van der Waals surface area (Å²) in [6.45, 7) is 4.04. The molecular formula is C27H26N4O2. The molecule has 6 heteroatoms. The third-order valence-corrected chi connectivity index (χ3v) is 6.24. The van der Waals surface area contributed by atoms with Gasteiger partial charge in [0.05, 0.1) is 5.71 Å². The number of benzene rings is 2. The second-order valence-electron chi connectivity index (χ2n) is 8.69. The number of nitrogens with zero attached hydrogens (tertiary/aromatic N) is 4. The van der Waals surface area contributed by atoms with E-state index in [4.69, 9.17) is 4.42 Å². The van der Waals surface area contributed by atoms with Crippen LogP contribution >= 0.6 is 0 Å². The lowest BCUT2D eigenvalue weighted by molar-refractivity contribution is 0.317. The average molecular weight is 439 g/mol. The highest BCUT2D eigenvalue weighted by molar-refractivity contribution is 6.01. The van der Waals surface area contributed by atoms with Crippen LogP contribution in [0.3, 0.4) is 0 Å². The second kappa shape index (κ2) is 8.98. The van der Waals surface area contributed by atoms with E-state index in [2.05, 4.69) is 51.5 Å². The topological polar surface area (TPSA) is 84.4 Å². The third kappa shape index (κ3) is 4.55. The standard InChI is InChI=1S/C27H26N4O2/c1-17-5-3-4-6-23(17)24(16-25(31-32)22-13-14-28-18(2)15-22)19-7-9-20(10-8-19)26-29-30-27(33-26)21-11-12-21/h3-10,13-15,21,24,32H,11-12,16H2,1-2H3/b31-25+. The number of pyridine rings is 1. The Morgan fingerprint density at radius 2 is 1.85 bits per heavy atom. The Labute approximate surface area is 193 Å². The lowest BCUT2D eigenvalue weighted by Crippen LogP contribution is -2.12. The smallest absolute Gasteiger partial charge is 0.247 e. The normalized spacial score (nSPS) is 14.9. The molecule has 0 saturated heterocycles. The van der Waals surface area contributed by atoms with Gasteiger partial charge in [-0.3, -0.25) is 4.98 Å². The van der Waals surface area contributed by atoms with Crippen LogP contribution in [0.5, 0.6) is 0 Å². The lowest BCUT2D eigenvalue weighted by Gasteiger charge is -2.21. The molecule has 1 atom stereocenters. The van der Waals surface area contributed by atoms with Crippen molar-refractivity contribution in [3.8, 4) is 11.5 Å². The zero-order valence-electron chi connectivity index (χ0n) is 18.8. The summed E-state index contributed by atoms with van der Waals surface area (Å²) in [7, 11) is 0. The highest BCUT2D eigenvalue weighted by Crippen LogP contribution is 2.40. The SMILES string of the molecule is Cc1cc(/C(CC(c2ccc(-c3nnc(C4CC4)o3)cc2)c2ccccc2C)=N/O)ccn1. The molecule has 1 N–H and O–H groups in total. The van der Waals surface area contributed by atoms with Crippen LogP contribution in [0, 0.1) is 13.8 Å². The van der Waals surface area contributed by atoms with E-state index >= 15 is 0 Å². The van der Waals surface area contributed by atoms with Crippen molar-refractivity contribution in [3.05, 3.63) is 101 Å². The third-order valence-electron chi connectivity index (χ3n) is 6.24. The van der Waals surface area contributed by atoms with Gasteiger partial charge in [0.25, 0.3) is 0 Å². The van der Waals surface area contributed by atoms with Crippen LogP contribution < -0.4 is 0 Å². The van der Waals surface area contributed by atoms with Gasteiger partial charge in [-0.05, 0) is 67.6 Å². The van der Waals surface area contributed by atoms with Gasteiger partial charge in [-0.15, -0.1) is 10.2 Å². The number of hydrogen-bond donors (Lipinski definition) is 1. The van der Waals surface area contributed by atoms with E-state index in [9.17, 15) is 5.21 Å². The Kier molecular flexibility index (Phi) is 5.73. The van der Waals surface area contributed by atoms with E-state index in [1.54, 1.807) is 6.20 Å². The molecule has 0 spiro atoms. The molecule has 2 aromatic heterocycles. The number of oxime groups is 1. The van der Waals surface area contributed by atoms with Crippen LogP contribution in [0.1, 0.15) is 64.9 Å². The van der Waals surface area contributed by atoms with Crippen molar-refractivity contribution < 1.29 is 9.62 Å². The fourth-order valence-corrected chi connectivity index (χ4v) is 4.22. The van der Waals surface area contributed by atoms with Crippen molar-refractivity contribution in [1.82, 2.24) is 15.2 Å². The van der Waals surface area contributed by atoms with E-state index in [1.807, 2.05) is 43.3 Å². The second-order valence-corrected chi connectivity index (χ2v) is 8.69. The summed E-state index contributed by atoms with van der Waals surface area (Å²) in [6.07, 6.45) is 4.55. The first-order valence-electron chi connectivity index (χ1n) is 11.3. The quantitative estimate of drug-likeness (QED) is 0.216. The molecule has 166 valence electrons. The van der Waals surface area contributed by atoms with Gasteiger partial charge in [0, 0.05) is 41.3 Å². The van der Waals surface area contributed by atoms with Crippen LogP contribution in [0.15, 0.2) is 76.4 Å². The summed E-state index contributed by atoms with van der Waals surface area (Å²) in [5, 5.41) is 22.0. The Hall–Kier alpha value is -3.80. The Morgan fingerprint density at radius 3 is 2.55 bits per heavy atom. The molecule has 6 nitrogen and oxygen atoms in total. The number of rotatable bonds is 7. The molecule has 2 heterocycles. The van der Waals surface area contributed by atoms with Crippen LogP contribution in [-0.4, -0.2) is 26.1 Å². The predicted molar refractivity (Wildman–Crippen MR) is 127 cm³/mol. The zero-order chi connectivity index (χ0) is 22.8. The molecule has 33 heavy (non-hydrogen) atoms. The highest BCUT2D eigenvalue weighted by Gasteiger charge is 2.29. The van der Waals surface area contributed by atoms with Gasteiger partial charge in [0.1, 0.15) is 0 Å². The van der Waals surface area contributed by atoms with Gasteiger partial charge in [0.2, 0.25) is 11.8 Å². The van der Waals surface area contributed by atoms with Crippen LogP contribution in [-0.2, 0) is 0 Å². The highest BCUT2D eigenvalue weighted by atomic mass is 16.4. The minimum atomic E-state index is 0.0179. The molecule has 1 aliphatic rings. The maximum atomic E-state index is 9.87. The molecule has 0 aliphatic heterocycles. The summed E-state index contributed by atoms with van der Waals surface area (Å²) < 4.78 is 5.87. The van der Waals surface area contributed by atoms with Crippen molar-refractivity contribution in [2.75, 3.05) is 0 Å². The van der Waals surface area contributed by atoms with Crippen LogP contribution in [0.2, 0.25) is 0 Å². The lowest BCUT2D eigenvalue weighted by atomic mass is 9.83. The Balaban J connectivity index is 1.48. The van der Waals surface area contributed by atoms with Crippen molar-refractivity contribution in [1.29, 1.82) is 0 Å². The minimum Gasteiger partial charge on any atom is -0.420 e. The van der Waals surface area contributed by atoms with Crippen molar-refractivity contribution in [2.45, 2.75) is 44.9 Å². The summed E-state index contributed by atoms with van der Waals surface area (Å²) in [4.78, 5) is 4.26. The van der Waals surface area contributed by atoms with Gasteiger partial charge in [0.15, 0.2) is 0 Å². The van der Waals surface area contributed by atoms with Crippen molar-refractivity contribution in [3.63, 3.8) is 0 Å². The number of aryl methyl sites for hydroxylation is 2. The molecule has 0 amide bonds. The Morgan fingerprint density at radius 1 is 1.06 bits per heavy atom. The molecule has 4 aromatic rings. The largest absolute Gasteiger partial charge is 0.420 e. The van der Waals surface area contributed by atoms with E-state index in [0.29, 0.717) is 23.9 Å². The van der Waals surface area contributed by atoms with Crippen molar-refractivity contribution >= 4 is 5.71 Å². The van der Waals surface area contributed by atoms with E-state index in [-0.39, 0.29) is 5.92 Å². The molecule has 0 bridgehead atoms. The first-order valence-corrected chi connectivity index (χ1v) is 11.3. The molecule has 1 fully saturated rings. The molecule has 1 unspecified atom stereocenters. The van der Waals surface area contributed by atoms with Crippen LogP contribution in [0.25, 0.3) is 11.5 Å². The van der Waals surface area contributed by atoms with Gasteiger partial charge in [-0.1, -0.05) is 41.6 Å². The first kappa shape index (κ1) is 21.1. The Bertz CT molecular complexity index is 1290. The fraction of sp³-hybridized carbons (Fsp3) is 0.259. The van der Waals surface area contributed by atoms with Gasteiger partial charge >= 0.3 is 0 Å². The minimum absolute atomic E-state index is 0.0179. The molecular weight excluding hydrogens is 412 g/mol. The molecule has 1 saturated carbocycles. The maximum Gasteiger partial charge on any atom is 0.247 e. The summed E-state index contributed by atoms with van der Waals surface area (Å²) in [5.74, 6) is 1.75. The monoisotopic (exact) mass is 438 g/mol. The average Bonchev–Trinajstić information content (AvgIpc) is 3.57. The van der Waals surface area contributed by atoms with Gasteiger partial charge in [-0.2, -0.15) is 0 Å². The van der Waals surface area contributed by atoms with Crippen molar-refractivity contribution in [2.24, 2.45) is 5.16 Å². The van der Waals surface area contributed by atoms with Gasteiger partial charge < -0.3 is 9.62 Å². The fourth-order valence-electron chi connectivity index (χ4n) is 4.22. The predicted octanol–water partition coefficient (Wildman–Crippen LogP) is 6.03. The number of hydrogen-bond acceptors (Lipinski definition) is 6.